The molecule has 0 unspecified atom stereocenters. The Bertz CT molecular complexity index is 743. The molecule has 0 bridgehead atoms. The summed E-state index contributed by atoms with van der Waals surface area (Å²) in [6.45, 7) is 3.84. The van der Waals surface area contributed by atoms with Crippen LogP contribution in [-0.4, -0.2) is 100 Å². The number of amides is 4. The van der Waals surface area contributed by atoms with Crippen LogP contribution in [0.15, 0.2) is 0 Å². The first kappa shape index (κ1) is 31.7. The number of unbranched alkanes of at least 4 members (excludes halogenated alkanes) is 1. The van der Waals surface area contributed by atoms with Gasteiger partial charge in [0.05, 0.1) is 19.4 Å². The molecule has 4 amide bonds. The van der Waals surface area contributed by atoms with Gasteiger partial charge in [0, 0.05) is 19.5 Å². The van der Waals surface area contributed by atoms with Gasteiger partial charge in [-0.3, -0.25) is 28.8 Å². The minimum atomic E-state index is -1.61. The second-order valence-corrected chi connectivity index (χ2v) is 7.71. The van der Waals surface area contributed by atoms with Crippen LogP contribution in [0, 0.1) is 0 Å². The number of aliphatic hydroxyl groups excluding tert-OH is 1. The van der Waals surface area contributed by atoms with E-state index in [2.05, 4.69) is 16.0 Å². The fraction of sp³-hybridized carbons (Fsp3) is 0.714. The number of nitrogens with two attached hydrogens (primary N) is 1. The van der Waals surface area contributed by atoms with Crippen molar-refractivity contribution in [2.24, 2.45) is 5.73 Å². The third-order valence-electron chi connectivity index (χ3n) is 5.05. The van der Waals surface area contributed by atoms with Gasteiger partial charge in [-0.2, -0.15) is 0 Å². The first-order chi connectivity index (χ1) is 16.5. The van der Waals surface area contributed by atoms with E-state index in [1.807, 2.05) is 0 Å². The molecule has 0 aliphatic carbocycles. The third kappa shape index (κ3) is 12.7. The van der Waals surface area contributed by atoms with E-state index in [9.17, 15) is 39.0 Å². The molecule has 3 atom stereocenters. The highest BCUT2D eigenvalue weighted by Crippen LogP contribution is 2.07. The van der Waals surface area contributed by atoms with Gasteiger partial charge < -0.3 is 41.9 Å². The first-order valence-electron chi connectivity index (χ1n) is 11.4. The molecule has 0 saturated carbocycles. The molecule has 0 heterocycles. The summed E-state index contributed by atoms with van der Waals surface area (Å²) in [6.07, 6.45) is -0.382. The summed E-state index contributed by atoms with van der Waals surface area (Å²) in [5.41, 5.74) is 5.50. The Labute approximate surface area is 203 Å². The predicted octanol–water partition coefficient (Wildman–Crippen LogP) is -2.23. The lowest BCUT2D eigenvalue weighted by Gasteiger charge is -2.28. The fourth-order valence-electron chi connectivity index (χ4n) is 3.12. The van der Waals surface area contributed by atoms with E-state index in [0.717, 1.165) is 0 Å². The highest BCUT2D eigenvalue weighted by molar-refractivity contribution is 5.96. The van der Waals surface area contributed by atoms with E-state index < -0.39 is 73.7 Å². The van der Waals surface area contributed by atoms with Crippen molar-refractivity contribution < 1.29 is 44.1 Å². The SMILES string of the molecule is CCN(CC)C(=O)[C@H](CCCCN)NC(=O)[C@H](CC(=O)O)NC(=O)[C@H](CO)NC(=O)CCC(=O)O. The summed E-state index contributed by atoms with van der Waals surface area (Å²) in [5, 5.41) is 34.1. The van der Waals surface area contributed by atoms with E-state index in [4.69, 9.17) is 10.8 Å². The lowest BCUT2D eigenvalue weighted by atomic mass is 10.1. The van der Waals surface area contributed by atoms with Crippen molar-refractivity contribution in [2.75, 3.05) is 26.2 Å². The van der Waals surface area contributed by atoms with Crippen molar-refractivity contribution in [1.82, 2.24) is 20.9 Å². The van der Waals surface area contributed by atoms with Crippen molar-refractivity contribution in [3.05, 3.63) is 0 Å². The number of carboxylic acid groups (broad SMARTS) is 2. The highest BCUT2D eigenvalue weighted by Gasteiger charge is 2.31. The quantitative estimate of drug-likeness (QED) is 0.0995. The van der Waals surface area contributed by atoms with Crippen LogP contribution in [-0.2, 0) is 28.8 Å². The second kappa shape index (κ2) is 17.2. The molecule has 0 rings (SSSR count). The van der Waals surface area contributed by atoms with Gasteiger partial charge >= 0.3 is 11.9 Å². The van der Waals surface area contributed by atoms with Crippen LogP contribution in [0.2, 0.25) is 0 Å². The number of carbonyl (C=O) groups is 6. The monoisotopic (exact) mass is 503 g/mol. The summed E-state index contributed by atoms with van der Waals surface area (Å²) in [7, 11) is 0. The van der Waals surface area contributed by atoms with E-state index in [0.29, 0.717) is 32.5 Å². The van der Waals surface area contributed by atoms with Crippen LogP contribution in [0.25, 0.3) is 0 Å². The zero-order chi connectivity index (χ0) is 27.0. The van der Waals surface area contributed by atoms with Gasteiger partial charge in [0.15, 0.2) is 0 Å². The molecule has 0 radical (unpaired) electrons. The van der Waals surface area contributed by atoms with E-state index >= 15 is 0 Å². The van der Waals surface area contributed by atoms with Crippen LogP contribution >= 0.6 is 0 Å². The van der Waals surface area contributed by atoms with Crippen LogP contribution in [0.1, 0.15) is 52.4 Å². The minimum Gasteiger partial charge on any atom is -0.481 e. The number of nitrogens with one attached hydrogen (secondary N) is 3. The first-order valence-corrected chi connectivity index (χ1v) is 11.4. The van der Waals surface area contributed by atoms with Crippen LogP contribution < -0.4 is 21.7 Å². The maximum Gasteiger partial charge on any atom is 0.305 e. The molecule has 200 valence electrons. The van der Waals surface area contributed by atoms with Gasteiger partial charge in [0.2, 0.25) is 23.6 Å². The largest absolute Gasteiger partial charge is 0.481 e. The Balaban J connectivity index is 5.48. The molecule has 0 aromatic rings. The fourth-order valence-corrected chi connectivity index (χ4v) is 3.12. The van der Waals surface area contributed by atoms with Crippen LogP contribution in [0.3, 0.4) is 0 Å². The minimum absolute atomic E-state index is 0.255. The van der Waals surface area contributed by atoms with E-state index in [1.54, 1.807) is 13.8 Å². The normalized spacial score (nSPS) is 13.1. The summed E-state index contributed by atoms with van der Waals surface area (Å²) in [6, 6.07) is -4.11. The lowest BCUT2D eigenvalue weighted by molar-refractivity contribution is -0.142. The van der Waals surface area contributed by atoms with Gasteiger partial charge in [0.1, 0.15) is 18.1 Å². The van der Waals surface area contributed by atoms with Gasteiger partial charge in [-0.1, -0.05) is 0 Å². The molecule has 8 N–H and O–H groups in total. The molecule has 0 aromatic heterocycles. The van der Waals surface area contributed by atoms with Gasteiger partial charge in [0.25, 0.3) is 0 Å². The Morgan fingerprint density at radius 3 is 1.86 bits per heavy atom. The van der Waals surface area contributed by atoms with Gasteiger partial charge in [-0.05, 0) is 39.7 Å². The molecule has 0 fully saturated rings. The van der Waals surface area contributed by atoms with Crippen molar-refractivity contribution in [1.29, 1.82) is 0 Å². The van der Waals surface area contributed by atoms with Gasteiger partial charge in [-0.15, -0.1) is 0 Å². The Hall–Kier alpha value is -3.26. The average molecular weight is 504 g/mol. The number of nitrogens with zero attached hydrogens (tertiary/aromatic N) is 1. The molecular weight excluding hydrogens is 466 g/mol. The maximum absolute atomic E-state index is 12.9. The Morgan fingerprint density at radius 2 is 1.37 bits per heavy atom. The highest BCUT2D eigenvalue weighted by atomic mass is 16.4. The smallest absolute Gasteiger partial charge is 0.305 e. The number of carboxylic acids is 2. The molecule has 0 spiro atoms. The van der Waals surface area contributed by atoms with Crippen LogP contribution in [0.4, 0.5) is 0 Å². The number of carbonyl (C=O) groups excluding carboxylic acids is 4. The number of hydrogen-bond donors (Lipinski definition) is 7. The molecule has 14 nitrogen and oxygen atoms in total. The van der Waals surface area contributed by atoms with Gasteiger partial charge in [-0.25, -0.2) is 0 Å². The topological polar surface area (TPSA) is 228 Å². The molecule has 35 heavy (non-hydrogen) atoms. The maximum atomic E-state index is 12.9. The Morgan fingerprint density at radius 1 is 0.800 bits per heavy atom. The summed E-state index contributed by atoms with van der Waals surface area (Å²) < 4.78 is 0. The Kier molecular flexibility index (Phi) is 15.6. The number of aliphatic carboxylic acids is 2. The number of aliphatic hydroxyl groups is 1. The standard InChI is InChI=1S/C21H37N5O9/c1-3-26(4-2)21(35)13(7-5-6-10-22)24-19(33)14(11-18(31)32)25-20(34)15(12-27)23-16(28)8-9-17(29)30/h13-15,27H,3-12,22H2,1-2H3,(H,23,28)(H,24,33)(H,25,34)(H,29,30)(H,31,32)/t13-,14-,15-/m0/s1. The van der Waals surface area contributed by atoms with Crippen LogP contribution in [0.5, 0.6) is 0 Å². The van der Waals surface area contributed by atoms with E-state index in [1.165, 1.54) is 4.90 Å². The molecule has 0 saturated heterocycles. The third-order valence-corrected chi connectivity index (χ3v) is 5.05. The van der Waals surface area contributed by atoms with Crippen molar-refractivity contribution in [3.8, 4) is 0 Å². The summed E-state index contributed by atoms with van der Waals surface area (Å²) >= 11 is 0. The molecular formula is C21H37N5O9. The number of hydrogen-bond acceptors (Lipinski definition) is 8. The molecule has 0 aliphatic heterocycles. The predicted molar refractivity (Wildman–Crippen MR) is 123 cm³/mol. The van der Waals surface area contributed by atoms with Crippen molar-refractivity contribution in [2.45, 2.75) is 70.5 Å². The van der Waals surface area contributed by atoms with E-state index in [-0.39, 0.29) is 12.3 Å². The summed E-state index contributed by atoms with van der Waals surface area (Å²) in [4.78, 5) is 73.4. The van der Waals surface area contributed by atoms with Crippen molar-refractivity contribution >= 4 is 35.6 Å². The second-order valence-electron chi connectivity index (χ2n) is 7.71. The number of likely N-dealkylation sites (N-methyl/N-ethyl adjacent to an activating group) is 1. The summed E-state index contributed by atoms with van der Waals surface area (Å²) in [5.74, 6) is -5.81. The zero-order valence-corrected chi connectivity index (χ0v) is 20.1. The zero-order valence-electron chi connectivity index (χ0n) is 20.1. The average Bonchev–Trinajstić information content (AvgIpc) is 2.80. The number of rotatable bonds is 18. The molecule has 0 aromatic carbocycles. The molecule has 14 heteroatoms. The lowest BCUT2D eigenvalue weighted by Crippen LogP contribution is -2.58. The molecule has 0 aliphatic rings. The van der Waals surface area contributed by atoms with Crippen molar-refractivity contribution in [3.63, 3.8) is 0 Å².